The predicted octanol–water partition coefficient (Wildman–Crippen LogP) is 6.50. The highest BCUT2D eigenvalue weighted by Gasteiger charge is 2.40. The third-order valence-corrected chi connectivity index (χ3v) is 9.62. The van der Waals surface area contributed by atoms with Crippen molar-refractivity contribution in [2.45, 2.75) is 150 Å². The van der Waals surface area contributed by atoms with Crippen molar-refractivity contribution in [2.75, 3.05) is 19.7 Å². The van der Waals surface area contributed by atoms with E-state index in [1.54, 1.807) is 33.1 Å². The maximum absolute atomic E-state index is 14.6. The quantitative estimate of drug-likeness (QED) is 0.141. The summed E-state index contributed by atoms with van der Waals surface area (Å²) in [4.78, 5) is 61.4. The highest BCUT2D eigenvalue weighted by atomic mass is 32.1. The number of nitrogens with zero attached hydrogens (tertiary/aromatic N) is 3. The van der Waals surface area contributed by atoms with Gasteiger partial charge in [0.05, 0.1) is 6.61 Å². The van der Waals surface area contributed by atoms with Crippen LogP contribution in [0.1, 0.15) is 142 Å². The number of carbonyl (C=O) groups excluding carboxylic acids is 4. The summed E-state index contributed by atoms with van der Waals surface area (Å²) in [7, 11) is 0. The summed E-state index contributed by atoms with van der Waals surface area (Å²) in [6.45, 7) is 18.4. The molecule has 3 amide bonds. The van der Waals surface area contributed by atoms with E-state index in [1.807, 2.05) is 32.6 Å². The van der Waals surface area contributed by atoms with Crippen LogP contribution >= 0.6 is 11.3 Å². The number of hydrogen-bond donors (Lipinski definition) is 2. The highest BCUT2D eigenvalue weighted by molar-refractivity contribution is 7.09. The number of thiazole rings is 1. The molecule has 0 bridgehead atoms. The molecular formula is C35H60N4O7S. The van der Waals surface area contributed by atoms with Crippen molar-refractivity contribution in [2.24, 2.45) is 11.8 Å². The van der Waals surface area contributed by atoms with Crippen LogP contribution in [-0.2, 0) is 19.1 Å². The van der Waals surface area contributed by atoms with Gasteiger partial charge in [0, 0.05) is 30.9 Å². The van der Waals surface area contributed by atoms with Crippen molar-refractivity contribution in [1.82, 2.24) is 20.1 Å². The summed E-state index contributed by atoms with van der Waals surface area (Å²) >= 11 is 1.19. The average Bonchev–Trinajstić information content (AvgIpc) is 3.52. The van der Waals surface area contributed by atoms with E-state index < -0.39 is 35.9 Å². The summed E-state index contributed by atoms with van der Waals surface area (Å²) in [5, 5.41) is 16.4. The van der Waals surface area contributed by atoms with Gasteiger partial charge in [-0.15, -0.1) is 11.3 Å². The summed E-state index contributed by atoms with van der Waals surface area (Å²) in [6, 6.07) is -1.89. The molecule has 2 rings (SSSR count). The van der Waals surface area contributed by atoms with Crippen LogP contribution in [0.2, 0.25) is 0 Å². The van der Waals surface area contributed by atoms with Gasteiger partial charge in [0.15, 0.2) is 5.69 Å². The fourth-order valence-electron chi connectivity index (χ4n) is 5.83. The van der Waals surface area contributed by atoms with Gasteiger partial charge in [-0.05, 0) is 65.2 Å². The molecule has 2 heterocycles. The average molecular weight is 681 g/mol. The molecule has 5 atom stereocenters. The van der Waals surface area contributed by atoms with Crippen molar-refractivity contribution in [1.29, 1.82) is 0 Å². The van der Waals surface area contributed by atoms with Gasteiger partial charge in [0.2, 0.25) is 11.8 Å². The number of piperidine rings is 1. The maximum Gasteiger partial charge on any atom is 0.410 e. The summed E-state index contributed by atoms with van der Waals surface area (Å²) in [5.74, 6) is -1.27. The van der Waals surface area contributed by atoms with Gasteiger partial charge < -0.3 is 24.8 Å². The monoisotopic (exact) mass is 680 g/mol. The number of nitrogens with one attached hydrogen (secondary N) is 1. The fourth-order valence-corrected chi connectivity index (χ4v) is 6.62. The maximum atomic E-state index is 14.6. The van der Waals surface area contributed by atoms with E-state index in [0.717, 1.165) is 38.5 Å². The number of amides is 3. The molecule has 2 N–H and O–H groups in total. The molecule has 0 aliphatic carbocycles. The summed E-state index contributed by atoms with van der Waals surface area (Å²) < 4.78 is 10.7. The first-order valence-electron chi connectivity index (χ1n) is 17.6. The Hall–Kier alpha value is -2.73. The zero-order valence-corrected chi connectivity index (χ0v) is 31.0. The molecule has 0 saturated carbocycles. The Kier molecular flexibility index (Phi) is 16.6. The molecule has 0 aromatic carbocycles. The van der Waals surface area contributed by atoms with Gasteiger partial charge in [0.1, 0.15) is 28.8 Å². The third kappa shape index (κ3) is 12.3. The molecule has 0 spiro atoms. The van der Waals surface area contributed by atoms with E-state index in [-0.39, 0.29) is 48.4 Å². The Morgan fingerprint density at radius 2 is 1.81 bits per heavy atom. The zero-order chi connectivity index (χ0) is 35.3. The van der Waals surface area contributed by atoms with Gasteiger partial charge in [-0.1, -0.05) is 60.3 Å². The minimum Gasteiger partial charge on any atom is -0.461 e. The van der Waals surface area contributed by atoms with Crippen molar-refractivity contribution in [3.63, 3.8) is 0 Å². The third-order valence-electron chi connectivity index (χ3n) is 8.67. The van der Waals surface area contributed by atoms with Crippen LogP contribution in [0.15, 0.2) is 5.38 Å². The van der Waals surface area contributed by atoms with E-state index in [0.29, 0.717) is 30.9 Å². The normalized spacial score (nSPS) is 17.9. The van der Waals surface area contributed by atoms with E-state index in [1.165, 1.54) is 16.2 Å². The molecule has 268 valence electrons. The lowest BCUT2D eigenvalue weighted by Gasteiger charge is -2.40. The van der Waals surface area contributed by atoms with Crippen LogP contribution in [0.25, 0.3) is 0 Å². The second-order valence-electron chi connectivity index (χ2n) is 14.0. The smallest absolute Gasteiger partial charge is 0.410 e. The van der Waals surface area contributed by atoms with Crippen LogP contribution < -0.4 is 5.32 Å². The Balaban J connectivity index is 2.38. The van der Waals surface area contributed by atoms with Gasteiger partial charge in [-0.2, -0.15) is 0 Å². The zero-order valence-electron chi connectivity index (χ0n) is 30.2. The van der Waals surface area contributed by atoms with Crippen molar-refractivity contribution < 1.29 is 33.8 Å². The Morgan fingerprint density at radius 3 is 2.40 bits per heavy atom. The molecule has 12 heteroatoms. The van der Waals surface area contributed by atoms with Gasteiger partial charge in [-0.25, -0.2) is 14.6 Å². The lowest BCUT2D eigenvalue weighted by atomic mass is 9.91. The Morgan fingerprint density at radius 1 is 1.11 bits per heavy atom. The van der Waals surface area contributed by atoms with Gasteiger partial charge >= 0.3 is 12.1 Å². The van der Waals surface area contributed by atoms with E-state index in [4.69, 9.17) is 9.47 Å². The summed E-state index contributed by atoms with van der Waals surface area (Å²) in [5.41, 5.74) is -0.541. The number of ether oxygens (including phenoxy) is 2. The second kappa shape index (κ2) is 19.3. The number of esters is 1. The van der Waals surface area contributed by atoms with Crippen LogP contribution in [0.4, 0.5) is 4.79 Å². The largest absolute Gasteiger partial charge is 0.461 e. The van der Waals surface area contributed by atoms with Crippen molar-refractivity contribution >= 4 is 35.2 Å². The Bertz CT molecular complexity index is 1150. The minimum atomic E-state index is -0.997. The lowest BCUT2D eigenvalue weighted by molar-refractivity contribution is -0.143. The van der Waals surface area contributed by atoms with Crippen LogP contribution in [0.5, 0.6) is 0 Å². The first-order chi connectivity index (χ1) is 22.1. The number of hydrogen-bond acceptors (Lipinski definition) is 9. The standard InChI is InChI=1S/C35H60N4O7S/c1-10-13-14-16-19-38(27(23(4)5)21-28(40)31-36-25(22-47-31)33(43)45-12-3)32(42)29(24(6)11-2)37-30(41)26-18-15-17-20-39(26)34(44)46-35(7,8)9/h22-24,26-29,40H,10-21H2,1-9H3,(H,37,41)/t24-,26+,27+,28+,29-/m0/s1. The van der Waals surface area contributed by atoms with E-state index in [9.17, 15) is 24.3 Å². The number of carbonyl (C=O) groups is 4. The SMILES string of the molecule is CCCCCCN(C(=O)[C@@H](NC(=O)[C@H]1CCCCN1C(=O)OC(C)(C)C)[C@@H](C)CC)[C@H](C[C@@H](O)c1nc(C(=O)OCC)cs1)C(C)C. The molecule has 1 aliphatic heterocycles. The number of aliphatic hydroxyl groups is 1. The Labute approximate surface area is 286 Å². The molecule has 11 nitrogen and oxygen atoms in total. The summed E-state index contributed by atoms with van der Waals surface area (Å²) in [6.07, 6.45) is 5.27. The molecule has 1 fully saturated rings. The van der Waals surface area contributed by atoms with Crippen LogP contribution in [0, 0.1) is 11.8 Å². The second-order valence-corrected chi connectivity index (χ2v) is 14.9. The molecule has 0 radical (unpaired) electrons. The first-order valence-corrected chi connectivity index (χ1v) is 18.4. The number of aliphatic hydroxyl groups excluding tert-OH is 1. The van der Waals surface area contributed by atoms with E-state index >= 15 is 0 Å². The molecule has 47 heavy (non-hydrogen) atoms. The lowest BCUT2D eigenvalue weighted by Crippen LogP contribution is -2.60. The van der Waals surface area contributed by atoms with Gasteiger partial charge in [0.25, 0.3) is 0 Å². The van der Waals surface area contributed by atoms with Crippen LogP contribution in [-0.4, -0.2) is 87.2 Å². The number of likely N-dealkylation sites (tertiary alicyclic amines) is 1. The molecule has 1 aromatic rings. The van der Waals surface area contributed by atoms with Crippen molar-refractivity contribution in [3.8, 4) is 0 Å². The number of rotatable bonds is 17. The van der Waals surface area contributed by atoms with E-state index in [2.05, 4.69) is 17.2 Å². The van der Waals surface area contributed by atoms with Gasteiger partial charge in [-0.3, -0.25) is 14.5 Å². The predicted molar refractivity (Wildman–Crippen MR) is 184 cm³/mol. The number of aromatic nitrogens is 1. The number of unbranched alkanes of at least 4 members (excludes halogenated alkanes) is 3. The highest BCUT2D eigenvalue weighted by Crippen LogP contribution is 2.29. The fraction of sp³-hybridized carbons (Fsp3) is 0.800. The molecule has 0 unspecified atom stereocenters. The van der Waals surface area contributed by atoms with Crippen molar-refractivity contribution in [3.05, 3.63) is 16.1 Å². The first kappa shape index (κ1) is 40.4. The minimum absolute atomic E-state index is 0.0152. The molecular weight excluding hydrogens is 620 g/mol. The molecule has 1 aromatic heterocycles. The van der Waals surface area contributed by atoms with Crippen LogP contribution in [0.3, 0.4) is 0 Å². The molecule has 1 aliphatic rings. The molecule has 1 saturated heterocycles. The topological polar surface area (TPSA) is 138 Å².